The van der Waals surface area contributed by atoms with E-state index in [0.717, 1.165) is 30.8 Å². The summed E-state index contributed by atoms with van der Waals surface area (Å²) in [6.45, 7) is 4.58. The Hall–Kier alpha value is -5.89. The average Bonchev–Trinajstić information content (AvgIpc) is 3.97. The topological polar surface area (TPSA) is 143 Å². The van der Waals surface area contributed by atoms with Gasteiger partial charge in [-0.25, -0.2) is 32.7 Å². The third kappa shape index (κ3) is 7.29. The number of fused-ring (bicyclic) bond motifs is 2. The minimum Gasteiger partial charge on any atom is -0.478 e. The Morgan fingerprint density at radius 3 is 1.86 bits per heavy atom. The van der Waals surface area contributed by atoms with Crippen LogP contribution in [0.1, 0.15) is 82.5 Å². The van der Waals surface area contributed by atoms with Crippen LogP contribution in [-0.2, 0) is 24.7 Å². The molecule has 14 heteroatoms. The molecule has 0 saturated carbocycles. The maximum absolute atomic E-state index is 17.6. The highest BCUT2D eigenvalue weighted by Gasteiger charge is 2.39. The number of imidazole rings is 2. The number of carboxylic acids is 2. The van der Waals surface area contributed by atoms with Crippen LogP contribution in [-0.4, -0.2) is 73.0 Å². The van der Waals surface area contributed by atoms with Gasteiger partial charge in [-0.1, -0.05) is 48.5 Å². The summed E-state index contributed by atoms with van der Waals surface area (Å²) in [6.07, 6.45) is 2.28. The highest BCUT2D eigenvalue weighted by Crippen LogP contribution is 2.41. The fraction of sp³-hybridized carbons (Fsp3) is 0.349. The molecule has 4 aromatic carbocycles. The maximum atomic E-state index is 17.6. The predicted octanol–water partition coefficient (Wildman–Crippen LogP) is 7.77. The van der Waals surface area contributed by atoms with Gasteiger partial charge in [-0.2, -0.15) is 0 Å². The highest BCUT2D eigenvalue weighted by molar-refractivity contribution is 5.94. The number of aromatic nitrogens is 4. The maximum Gasteiger partial charge on any atom is 0.335 e. The number of rotatable bonds is 12. The van der Waals surface area contributed by atoms with E-state index in [1.54, 1.807) is 55.5 Å². The molecule has 2 fully saturated rings. The van der Waals surface area contributed by atoms with Gasteiger partial charge < -0.3 is 34.9 Å². The number of carbonyl (C=O) groups is 2. The number of aromatic carboxylic acids is 2. The van der Waals surface area contributed by atoms with Crippen molar-refractivity contribution < 1.29 is 33.0 Å². The molecule has 2 aromatic heterocycles. The molecule has 0 amide bonds. The lowest BCUT2D eigenvalue weighted by Crippen LogP contribution is -2.36. The fourth-order valence-electron chi connectivity index (χ4n) is 8.70. The minimum atomic E-state index is -3.10. The molecule has 0 radical (unpaired) electrons. The summed E-state index contributed by atoms with van der Waals surface area (Å²) in [7, 11) is 0. The Balaban J connectivity index is 1.15. The lowest BCUT2D eigenvalue weighted by Gasteiger charge is -2.33. The average molecular weight is 780 g/mol. The van der Waals surface area contributed by atoms with Crippen molar-refractivity contribution in [2.75, 3.05) is 29.4 Å². The Morgan fingerprint density at radius 1 is 0.754 bits per heavy atom. The monoisotopic (exact) mass is 779 g/mol. The molecule has 2 aliphatic rings. The molecule has 4 N–H and O–H groups in total. The van der Waals surface area contributed by atoms with E-state index < -0.39 is 23.5 Å². The molecule has 11 nitrogen and oxygen atoms in total. The number of nitrogens with zero attached hydrogens (tertiary/aromatic N) is 6. The number of nitrogens with two attached hydrogens (primary N) is 1. The first-order chi connectivity index (χ1) is 27.2. The van der Waals surface area contributed by atoms with Crippen molar-refractivity contribution in [1.82, 2.24) is 19.1 Å². The van der Waals surface area contributed by atoms with Gasteiger partial charge in [0.2, 0.25) is 11.9 Å². The summed E-state index contributed by atoms with van der Waals surface area (Å²) < 4.78 is 51.1. The van der Waals surface area contributed by atoms with Gasteiger partial charge in [0.1, 0.15) is 5.67 Å². The van der Waals surface area contributed by atoms with Crippen molar-refractivity contribution in [2.45, 2.75) is 76.3 Å². The molecule has 0 spiro atoms. The van der Waals surface area contributed by atoms with Gasteiger partial charge in [-0.15, -0.1) is 0 Å². The Bertz CT molecular complexity index is 2510. The SMILES string of the molecule is CC(F)(F)c1ccccc1Cn1c(N2CCCC2CC(C)(F)c2ccccc2Cn2c(N3CC[C@H](N)C3)nc3cc(C(=O)O)ccc32)nc2cc(C(=O)O)ccc21. The molecule has 8 rings (SSSR count). The van der Waals surface area contributed by atoms with E-state index in [0.29, 0.717) is 65.6 Å². The van der Waals surface area contributed by atoms with Crippen molar-refractivity contribution in [3.05, 3.63) is 118 Å². The number of alkyl halides is 3. The zero-order chi connectivity index (χ0) is 40.2. The summed E-state index contributed by atoms with van der Waals surface area (Å²) in [5, 5.41) is 19.4. The molecule has 2 aliphatic heterocycles. The summed E-state index contributed by atoms with van der Waals surface area (Å²) in [5.74, 6) is -4.16. The lowest BCUT2D eigenvalue weighted by atomic mass is 9.86. The van der Waals surface area contributed by atoms with Crippen LogP contribution in [0.3, 0.4) is 0 Å². The first-order valence-corrected chi connectivity index (χ1v) is 19.2. The van der Waals surface area contributed by atoms with Crippen LogP contribution in [0.15, 0.2) is 84.9 Å². The quantitative estimate of drug-likeness (QED) is 0.114. The molecule has 6 aromatic rings. The number of halogens is 3. The van der Waals surface area contributed by atoms with E-state index in [4.69, 9.17) is 15.7 Å². The number of benzene rings is 4. The van der Waals surface area contributed by atoms with Crippen molar-refractivity contribution in [3.63, 3.8) is 0 Å². The fourth-order valence-corrected chi connectivity index (χ4v) is 8.70. The second-order valence-corrected chi connectivity index (χ2v) is 15.6. The molecular weight excluding hydrogens is 736 g/mol. The van der Waals surface area contributed by atoms with Crippen molar-refractivity contribution >= 4 is 45.9 Å². The number of hydrogen-bond donors (Lipinski definition) is 3. The van der Waals surface area contributed by atoms with Gasteiger partial charge in [0.25, 0.3) is 5.92 Å². The molecule has 57 heavy (non-hydrogen) atoms. The van der Waals surface area contributed by atoms with E-state index in [1.807, 2.05) is 32.2 Å². The first-order valence-electron chi connectivity index (χ1n) is 19.2. The molecule has 4 heterocycles. The highest BCUT2D eigenvalue weighted by atomic mass is 19.3. The van der Waals surface area contributed by atoms with Gasteiger partial charge in [0, 0.05) is 50.6 Å². The van der Waals surface area contributed by atoms with E-state index in [2.05, 4.69) is 4.90 Å². The smallest absolute Gasteiger partial charge is 0.335 e. The first kappa shape index (κ1) is 38.0. The third-order valence-corrected chi connectivity index (χ3v) is 11.4. The van der Waals surface area contributed by atoms with Crippen LogP contribution in [0.2, 0.25) is 0 Å². The van der Waals surface area contributed by atoms with Gasteiger partial charge in [-0.3, -0.25) is 0 Å². The van der Waals surface area contributed by atoms with E-state index in [9.17, 15) is 28.6 Å². The summed E-state index contributed by atoms with van der Waals surface area (Å²) in [4.78, 5) is 37.6. The van der Waals surface area contributed by atoms with Crippen LogP contribution in [0.25, 0.3) is 22.1 Å². The van der Waals surface area contributed by atoms with Crippen molar-refractivity contribution in [3.8, 4) is 0 Å². The van der Waals surface area contributed by atoms with Crippen LogP contribution in [0.5, 0.6) is 0 Å². The zero-order valence-electron chi connectivity index (χ0n) is 31.7. The zero-order valence-corrected chi connectivity index (χ0v) is 31.7. The molecule has 2 unspecified atom stereocenters. The molecule has 0 bridgehead atoms. The largest absolute Gasteiger partial charge is 0.478 e. The molecule has 2 saturated heterocycles. The van der Waals surface area contributed by atoms with Crippen LogP contribution >= 0.6 is 0 Å². The number of anilines is 2. The number of carboxylic acid groups (broad SMARTS) is 2. The van der Waals surface area contributed by atoms with Gasteiger partial charge in [0.05, 0.1) is 46.3 Å². The van der Waals surface area contributed by atoms with E-state index in [-0.39, 0.29) is 48.3 Å². The summed E-state index contributed by atoms with van der Waals surface area (Å²) in [6, 6.07) is 22.8. The van der Waals surface area contributed by atoms with Gasteiger partial charge in [0.15, 0.2) is 0 Å². The number of hydrogen-bond acceptors (Lipinski definition) is 7. The van der Waals surface area contributed by atoms with Crippen molar-refractivity contribution in [1.29, 1.82) is 0 Å². The van der Waals surface area contributed by atoms with E-state index in [1.165, 1.54) is 18.2 Å². The Kier molecular flexibility index (Phi) is 9.71. The van der Waals surface area contributed by atoms with E-state index >= 15 is 4.39 Å². The third-order valence-electron chi connectivity index (χ3n) is 11.4. The predicted molar refractivity (Wildman–Crippen MR) is 212 cm³/mol. The second kappa shape index (κ2) is 14.6. The molecule has 296 valence electrons. The standard InChI is InChI=1S/C43H44F3N7O4/c1-42(44,32-11-5-3-8-28(32)23-52-36-15-13-26(38(54)55)20-34(36)48-40(52)50-19-17-30(47)25-50)22-31-10-7-18-51(31)41-49-35-21-27(39(56)57)14-16-37(35)53(41)24-29-9-4-6-12-33(29)43(2,45)46/h3-6,8-9,11-16,20-21,30-31H,7,10,17-19,22-25,47H2,1-2H3,(H,54,55)(H,56,57)/t30-,31?,42?/m0/s1. The van der Waals surface area contributed by atoms with Gasteiger partial charge >= 0.3 is 11.9 Å². The lowest BCUT2D eigenvalue weighted by molar-refractivity contribution is 0.0164. The Morgan fingerprint density at radius 2 is 1.30 bits per heavy atom. The second-order valence-electron chi connectivity index (χ2n) is 15.6. The summed E-state index contributed by atoms with van der Waals surface area (Å²) in [5.41, 5.74) is 8.37. The minimum absolute atomic E-state index is 0.0293. The molecular formula is C43H44F3N7O4. The normalized spacial score (nSPS) is 18.5. The Labute approximate surface area is 327 Å². The summed E-state index contributed by atoms with van der Waals surface area (Å²) >= 11 is 0. The van der Waals surface area contributed by atoms with Crippen LogP contribution in [0, 0.1) is 0 Å². The van der Waals surface area contributed by atoms with Crippen LogP contribution in [0.4, 0.5) is 25.1 Å². The molecule has 3 atom stereocenters. The van der Waals surface area contributed by atoms with Crippen molar-refractivity contribution in [2.24, 2.45) is 5.73 Å². The van der Waals surface area contributed by atoms with Crippen LogP contribution < -0.4 is 15.5 Å². The van der Waals surface area contributed by atoms with Gasteiger partial charge in [-0.05, 0) is 79.3 Å². The molecule has 0 aliphatic carbocycles.